The molecule has 0 amide bonds. The van der Waals surface area contributed by atoms with Crippen molar-refractivity contribution in [2.45, 2.75) is 12.3 Å². The molecule has 8 aromatic carbocycles. The van der Waals surface area contributed by atoms with E-state index < -0.39 is 0 Å². The minimum atomic E-state index is 0.181. The molecule has 0 bridgehead atoms. The lowest BCUT2D eigenvalue weighted by Crippen LogP contribution is -2.12. The van der Waals surface area contributed by atoms with Gasteiger partial charge in [0.1, 0.15) is 0 Å². The fourth-order valence-electron chi connectivity index (χ4n) is 9.58. The number of rotatable bonds is 5. The highest BCUT2D eigenvalue weighted by molar-refractivity contribution is 7.19. The Bertz CT molecular complexity index is 3310. The van der Waals surface area contributed by atoms with E-state index in [2.05, 4.69) is 209 Å². The summed E-state index contributed by atoms with van der Waals surface area (Å²) in [6.07, 6.45) is 0.963. The maximum absolute atomic E-state index is 2.56. The van der Waals surface area contributed by atoms with Crippen molar-refractivity contribution in [2.75, 3.05) is 0 Å². The fourth-order valence-corrected chi connectivity index (χ4v) is 10.8. The van der Waals surface area contributed by atoms with Crippen LogP contribution in [0.3, 0.4) is 0 Å². The maximum atomic E-state index is 2.56. The van der Waals surface area contributed by atoms with Crippen LogP contribution in [0, 0.1) is 0 Å². The molecule has 1 aliphatic rings. The standard InChI is InChI=1S/C54H36N2S/c1-3-14-35(15-4-1)37-26-29-40(30-27-37)55-47-23-10-7-20-42(47)46-33-39(28-31-49(46)55)45-34-51-53(44-22-9-12-25-50(44)57-51)54-52(45)43-21-8-11-24-48(43)56(54)41-19-13-18-38(32-41)36-16-5-2-6-17-36/h1-33,45H,34H2. The molecule has 0 spiro atoms. The summed E-state index contributed by atoms with van der Waals surface area (Å²) in [5.41, 5.74) is 16.5. The van der Waals surface area contributed by atoms with Crippen LogP contribution in [0.4, 0.5) is 0 Å². The monoisotopic (exact) mass is 744 g/mol. The Labute approximate surface area is 335 Å². The van der Waals surface area contributed by atoms with Crippen LogP contribution >= 0.6 is 11.3 Å². The predicted molar refractivity (Wildman–Crippen MR) is 241 cm³/mol. The van der Waals surface area contributed by atoms with Gasteiger partial charge in [0.15, 0.2) is 0 Å². The third kappa shape index (κ3) is 5.02. The molecule has 0 N–H and O–H groups in total. The van der Waals surface area contributed by atoms with E-state index in [4.69, 9.17) is 0 Å². The highest BCUT2D eigenvalue weighted by atomic mass is 32.1. The van der Waals surface area contributed by atoms with Gasteiger partial charge < -0.3 is 9.13 Å². The van der Waals surface area contributed by atoms with Crippen LogP contribution in [-0.4, -0.2) is 9.13 Å². The summed E-state index contributed by atoms with van der Waals surface area (Å²) in [5.74, 6) is 0.181. The first-order chi connectivity index (χ1) is 28.3. The molecule has 3 heterocycles. The van der Waals surface area contributed by atoms with Crippen LogP contribution in [0.5, 0.6) is 0 Å². The fraction of sp³-hybridized carbons (Fsp3) is 0.0370. The third-order valence-electron chi connectivity index (χ3n) is 12.1. The van der Waals surface area contributed by atoms with E-state index in [1.54, 1.807) is 0 Å². The molecule has 11 aromatic rings. The Hall–Kier alpha value is -6.94. The second-order valence-electron chi connectivity index (χ2n) is 15.2. The Morgan fingerprint density at radius 3 is 1.77 bits per heavy atom. The SMILES string of the molecule is c1ccc(-c2ccc(-n3c4ccccc4c4cc(C5Cc6sc7ccccc7c6-c6c5c5ccccc5n6-c5cccc(-c6ccccc6)c5)ccc43)cc2)cc1. The zero-order valence-electron chi connectivity index (χ0n) is 31.1. The van der Waals surface area contributed by atoms with Gasteiger partial charge in [-0.05, 0) is 94.4 Å². The molecule has 0 fully saturated rings. The lowest BCUT2D eigenvalue weighted by Gasteiger charge is -2.26. The van der Waals surface area contributed by atoms with Crippen LogP contribution in [-0.2, 0) is 6.42 Å². The lowest BCUT2D eigenvalue weighted by molar-refractivity contribution is 0.809. The first kappa shape index (κ1) is 32.3. The molecule has 1 aliphatic carbocycles. The average molecular weight is 745 g/mol. The molecule has 2 nitrogen and oxygen atoms in total. The quantitative estimate of drug-likeness (QED) is 0.166. The molecule has 0 aliphatic heterocycles. The van der Waals surface area contributed by atoms with E-state index in [-0.39, 0.29) is 5.92 Å². The summed E-state index contributed by atoms with van der Waals surface area (Å²) < 4.78 is 6.34. The molecule has 0 saturated heterocycles. The molecular weight excluding hydrogens is 709 g/mol. The third-order valence-corrected chi connectivity index (χ3v) is 13.3. The van der Waals surface area contributed by atoms with Gasteiger partial charge in [-0.25, -0.2) is 0 Å². The summed E-state index contributed by atoms with van der Waals surface area (Å²) in [6, 6.07) is 73.7. The molecule has 0 radical (unpaired) electrons. The van der Waals surface area contributed by atoms with Crippen LogP contribution < -0.4 is 0 Å². The first-order valence-electron chi connectivity index (χ1n) is 19.8. The van der Waals surface area contributed by atoms with Crippen molar-refractivity contribution < 1.29 is 0 Å². The van der Waals surface area contributed by atoms with Gasteiger partial charge in [-0.15, -0.1) is 11.3 Å². The van der Waals surface area contributed by atoms with Gasteiger partial charge in [0, 0.05) is 54.0 Å². The minimum Gasteiger partial charge on any atom is -0.309 e. The molecule has 0 saturated carbocycles. The van der Waals surface area contributed by atoms with Crippen molar-refractivity contribution >= 4 is 54.1 Å². The minimum absolute atomic E-state index is 0.181. The van der Waals surface area contributed by atoms with Gasteiger partial charge in [-0.3, -0.25) is 0 Å². The van der Waals surface area contributed by atoms with Crippen LogP contribution in [0.1, 0.15) is 21.9 Å². The molecule has 1 unspecified atom stereocenters. The van der Waals surface area contributed by atoms with Gasteiger partial charge in [0.2, 0.25) is 0 Å². The van der Waals surface area contributed by atoms with Crippen molar-refractivity contribution in [1.29, 1.82) is 0 Å². The van der Waals surface area contributed by atoms with E-state index >= 15 is 0 Å². The van der Waals surface area contributed by atoms with Gasteiger partial charge >= 0.3 is 0 Å². The number of hydrogen-bond acceptors (Lipinski definition) is 1. The first-order valence-corrected chi connectivity index (χ1v) is 20.6. The Morgan fingerprint density at radius 2 is 1.00 bits per heavy atom. The Balaban J connectivity index is 1.08. The van der Waals surface area contributed by atoms with Crippen molar-refractivity contribution in [3.8, 4) is 44.9 Å². The number of benzene rings is 8. The number of fused-ring (bicyclic) bond motifs is 10. The van der Waals surface area contributed by atoms with Crippen LogP contribution in [0.25, 0.3) is 87.7 Å². The number of nitrogens with zero attached hydrogens (tertiary/aromatic N) is 2. The number of thiophene rings is 1. The number of hydrogen-bond donors (Lipinski definition) is 0. The maximum Gasteiger partial charge on any atom is 0.0596 e. The van der Waals surface area contributed by atoms with E-state index in [0.29, 0.717) is 0 Å². The highest BCUT2D eigenvalue weighted by Crippen LogP contribution is 2.54. The van der Waals surface area contributed by atoms with E-state index in [0.717, 1.165) is 6.42 Å². The van der Waals surface area contributed by atoms with Gasteiger partial charge in [0.05, 0.1) is 22.2 Å². The number of aromatic nitrogens is 2. The lowest BCUT2D eigenvalue weighted by atomic mass is 9.79. The summed E-state index contributed by atoms with van der Waals surface area (Å²) in [4.78, 5) is 1.46. The van der Waals surface area contributed by atoms with Crippen LogP contribution in [0.2, 0.25) is 0 Å². The topological polar surface area (TPSA) is 9.86 Å². The second kappa shape index (κ2) is 12.8. The predicted octanol–water partition coefficient (Wildman–Crippen LogP) is 14.6. The Morgan fingerprint density at radius 1 is 0.404 bits per heavy atom. The smallest absolute Gasteiger partial charge is 0.0596 e. The van der Waals surface area contributed by atoms with E-state index in [1.807, 2.05) is 11.3 Å². The largest absolute Gasteiger partial charge is 0.309 e. The molecule has 3 aromatic heterocycles. The normalized spacial score (nSPS) is 13.7. The highest BCUT2D eigenvalue weighted by Gasteiger charge is 2.35. The zero-order valence-corrected chi connectivity index (χ0v) is 32.0. The van der Waals surface area contributed by atoms with Crippen molar-refractivity contribution in [2.24, 2.45) is 0 Å². The molecule has 12 rings (SSSR count). The summed E-state index contributed by atoms with van der Waals surface area (Å²) in [5, 5.41) is 5.24. The Kier molecular flexibility index (Phi) is 7.26. The van der Waals surface area contributed by atoms with Crippen molar-refractivity contribution in [3.05, 3.63) is 216 Å². The number of para-hydroxylation sites is 2. The summed E-state index contributed by atoms with van der Waals surface area (Å²) in [6.45, 7) is 0. The molecule has 3 heteroatoms. The van der Waals surface area contributed by atoms with Gasteiger partial charge in [-0.1, -0.05) is 146 Å². The molecule has 57 heavy (non-hydrogen) atoms. The molecular formula is C54H36N2S. The summed E-state index contributed by atoms with van der Waals surface area (Å²) in [7, 11) is 0. The van der Waals surface area contributed by atoms with Crippen molar-refractivity contribution in [3.63, 3.8) is 0 Å². The second-order valence-corrected chi connectivity index (χ2v) is 16.4. The van der Waals surface area contributed by atoms with Gasteiger partial charge in [-0.2, -0.15) is 0 Å². The molecule has 1 atom stereocenters. The summed E-state index contributed by atoms with van der Waals surface area (Å²) >= 11 is 1.97. The zero-order chi connectivity index (χ0) is 37.5. The average Bonchev–Trinajstić information content (AvgIpc) is 3.94. The van der Waals surface area contributed by atoms with E-state index in [1.165, 1.54) is 104 Å². The molecule has 268 valence electrons. The van der Waals surface area contributed by atoms with Crippen molar-refractivity contribution in [1.82, 2.24) is 9.13 Å². The van der Waals surface area contributed by atoms with E-state index in [9.17, 15) is 0 Å². The van der Waals surface area contributed by atoms with Crippen LogP contribution in [0.15, 0.2) is 200 Å². The van der Waals surface area contributed by atoms with Gasteiger partial charge in [0.25, 0.3) is 0 Å².